The van der Waals surface area contributed by atoms with Crippen molar-refractivity contribution in [3.63, 3.8) is 0 Å². The number of hydrogen-bond acceptors (Lipinski definition) is 3. The summed E-state index contributed by atoms with van der Waals surface area (Å²) in [6.45, 7) is 3.59. The molecule has 2 unspecified atom stereocenters. The van der Waals surface area contributed by atoms with Crippen molar-refractivity contribution in [1.29, 1.82) is 0 Å². The molecule has 1 N–H and O–H groups in total. The van der Waals surface area contributed by atoms with Gasteiger partial charge in [0.05, 0.1) is 0 Å². The van der Waals surface area contributed by atoms with E-state index in [9.17, 15) is 4.79 Å². The Hall–Kier alpha value is -1.81. The first-order valence-electron chi connectivity index (χ1n) is 7.47. The zero-order chi connectivity index (χ0) is 15.9. The Labute approximate surface area is 136 Å². The first kappa shape index (κ1) is 16.6. The fourth-order valence-corrected chi connectivity index (χ4v) is 2.47. The molecule has 2 rings (SSSR count). The van der Waals surface area contributed by atoms with Gasteiger partial charge in [0.15, 0.2) is 6.10 Å². The minimum atomic E-state index is -0.622. The highest BCUT2D eigenvalue weighted by Gasteiger charge is 2.15. The Morgan fingerprint density at radius 2 is 2.32 bits per heavy atom. The second-order valence-corrected chi connectivity index (χ2v) is 5.91. The van der Waals surface area contributed by atoms with Crippen LogP contribution in [0.5, 0.6) is 5.75 Å². The molecule has 2 atom stereocenters. The third kappa shape index (κ3) is 4.88. The van der Waals surface area contributed by atoms with E-state index in [1.54, 1.807) is 25.1 Å². The van der Waals surface area contributed by atoms with Crippen molar-refractivity contribution in [1.82, 2.24) is 5.43 Å². The molecule has 5 heteroatoms. The maximum absolute atomic E-state index is 12.0. The number of ether oxygens (including phenoxy) is 1. The Kier molecular flexibility index (Phi) is 6.01. The van der Waals surface area contributed by atoms with E-state index in [0.717, 1.165) is 24.8 Å². The number of amides is 1. The van der Waals surface area contributed by atoms with E-state index in [1.165, 1.54) is 0 Å². The van der Waals surface area contributed by atoms with Gasteiger partial charge in [0, 0.05) is 11.2 Å². The summed E-state index contributed by atoms with van der Waals surface area (Å²) in [6, 6.07) is 5.30. The van der Waals surface area contributed by atoms with Crippen LogP contribution in [0, 0.1) is 12.8 Å². The molecule has 0 bridgehead atoms. The van der Waals surface area contributed by atoms with Gasteiger partial charge in [0.1, 0.15) is 5.75 Å². The molecule has 0 heterocycles. The molecule has 118 valence electrons. The van der Waals surface area contributed by atoms with Gasteiger partial charge in [-0.15, -0.1) is 0 Å². The van der Waals surface area contributed by atoms with Gasteiger partial charge < -0.3 is 4.74 Å². The van der Waals surface area contributed by atoms with Crippen LogP contribution in [0.2, 0.25) is 5.02 Å². The van der Waals surface area contributed by atoms with E-state index in [-0.39, 0.29) is 5.91 Å². The van der Waals surface area contributed by atoms with Crippen LogP contribution in [0.15, 0.2) is 35.5 Å². The number of allylic oxidation sites excluding steroid dienone is 2. The van der Waals surface area contributed by atoms with Gasteiger partial charge in [0.25, 0.3) is 5.91 Å². The lowest BCUT2D eigenvalue weighted by Gasteiger charge is -2.15. The van der Waals surface area contributed by atoms with Crippen molar-refractivity contribution in [3.05, 3.63) is 40.9 Å². The largest absolute Gasteiger partial charge is 0.481 e. The predicted octanol–water partition coefficient (Wildman–Crippen LogP) is 3.87. The number of rotatable bonds is 5. The molecule has 4 nitrogen and oxygen atoms in total. The molecule has 1 aliphatic carbocycles. The summed E-state index contributed by atoms with van der Waals surface area (Å²) < 4.78 is 5.65. The fraction of sp³-hybridized carbons (Fsp3) is 0.412. The number of nitrogens with one attached hydrogen (secondary N) is 1. The number of hydrazone groups is 1. The molecule has 0 spiro atoms. The van der Waals surface area contributed by atoms with Gasteiger partial charge >= 0.3 is 0 Å². The van der Waals surface area contributed by atoms with Crippen molar-refractivity contribution >= 4 is 23.7 Å². The van der Waals surface area contributed by atoms with E-state index < -0.39 is 6.10 Å². The summed E-state index contributed by atoms with van der Waals surface area (Å²) in [5, 5.41) is 4.68. The molecular formula is C17H21ClN2O2. The smallest absolute Gasteiger partial charge is 0.280 e. The highest BCUT2D eigenvalue weighted by Crippen LogP contribution is 2.22. The molecule has 0 aliphatic heterocycles. The van der Waals surface area contributed by atoms with E-state index in [4.69, 9.17) is 16.3 Å². The Balaban J connectivity index is 1.83. The van der Waals surface area contributed by atoms with E-state index >= 15 is 0 Å². The van der Waals surface area contributed by atoms with Gasteiger partial charge in [-0.1, -0.05) is 23.8 Å². The Bertz CT molecular complexity index is 584. The molecule has 1 aromatic rings. The first-order chi connectivity index (χ1) is 10.6. The lowest BCUT2D eigenvalue weighted by molar-refractivity contribution is -0.127. The minimum absolute atomic E-state index is 0.267. The van der Waals surface area contributed by atoms with Gasteiger partial charge in [-0.05, 0) is 62.8 Å². The van der Waals surface area contributed by atoms with Crippen LogP contribution in [-0.2, 0) is 4.79 Å². The number of carbonyl (C=O) groups is 1. The molecule has 0 aromatic heterocycles. The van der Waals surface area contributed by atoms with Crippen LogP contribution < -0.4 is 10.2 Å². The fourth-order valence-electron chi connectivity index (χ4n) is 2.24. The van der Waals surface area contributed by atoms with Crippen LogP contribution in [-0.4, -0.2) is 18.2 Å². The van der Waals surface area contributed by atoms with Crippen molar-refractivity contribution in [2.24, 2.45) is 11.0 Å². The van der Waals surface area contributed by atoms with Crippen molar-refractivity contribution < 1.29 is 9.53 Å². The standard InChI is InChI=1S/C17H21ClN2O2/c1-12-10-15(18)8-9-16(12)22-13(2)17(21)20-19-11-14-6-4-3-5-7-14/h3-4,8-11,13-14H,5-7H2,1-2H3,(H,20,21)/b19-11+. The monoisotopic (exact) mass is 320 g/mol. The zero-order valence-corrected chi connectivity index (χ0v) is 13.6. The van der Waals surface area contributed by atoms with E-state index in [2.05, 4.69) is 22.7 Å². The van der Waals surface area contributed by atoms with Crippen LogP contribution in [0.25, 0.3) is 0 Å². The quantitative estimate of drug-likeness (QED) is 0.508. The minimum Gasteiger partial charge on any atom is -0.481 e. The van der Waals surface area contributed by atoms with E-state index in [1.807, 2.05) is 13.1 Å². The lowest BCUT2D eigenvalue weighted by atomic mass is 9.96. The third-order valence-corrected chi connectivity index (χ3v) is 3.81. The van der Waals surface area contributed by atoms with Crippen LogP contribution >= 0.6 is 11.6 Å². The summed E-state index contributed by atoms with van der Waals surface area (Å²) in [5.41, 5.74) is 3.43. The summed E-state index contributed by atoms with van der Waals surface area (Å²) >= 11 is 5.90. The van der Waals surface area contributed by atoms with Gasteiger partial charge in [0.2, 0.25) is 0 Å². The normalized spacial score (nSPS) is 19.1. The van der Waals surface area contributed by atoms with Gasteiger partial charge in [-0.25, -0.2) is 5.43 Å². The van der Waals surface area contributed by atoms with Crippen LogP contribution in [0.4, 0.5) is 0 Å². The molecule has 0 saturated carbocycles. The summed E-state index contributed by atoms with van der Waals surface area (Å²) in [7, 11) is 0. The molecule has 22 heavy (non-hydrogen) atoms. The number of nitrogens with zero attached hydrogens (tertiary/aromatic N) is 1. The molecule has 0 saturated heterocycles. The summed E-state index contributed by atoms with van der Waals surface area (Å²) in [5.74, 6) is 0.783. The second kappa shape index (κ2) is 7.99. The van der Waals surface area contributed by atoms with Gasteiger partial charge in [-0.2, -0.15) is 5.10 Å². The number of benzene rings is 1. The molecule has 1 aliphatic rings. The maximum atomic E-state index is 12.0. The van der Waals surface area contributed by atoms with Crippen LogP contribution in [0.3, 0.4) is 0 Å². The topological polar surface area (TPSA) is 50.7 Å². The SMILES string of the molecule is Cc1cc(Cl)ccc1OC(C)C(=O)N/N=C/C1CC=CCC1. The number of carbonyl (C=O) groups excluding carboxylic acids is 1. The number of hydrogen-bond donors (Lipinski definition) is 1. The number of halogens is 1. The molecule has 0 fully saturated rings. The maximum Gasteiger partial charge on any atom is 0.280 e. The highest BCUT2D eigenvalue weighted by atomic mass is 35.5. The average molecular weight is 321 g/mol. The van der Waals surface area contributed by atoms with Crippen molar-refractivity contribution in [3.8, 4) is 5.75 Å². The third-order valence-electron chi connectivity index (χ3n) is 3.58. The lowest BCUT2D eigenvalue weighted by Crippen LogP contribution is -2.33. The molecular weight excluding hydrogens is 300 g/mol. The van der Waals surface area contributed by atoms with Crippen molar-refractivity contribution in [2.75, 3.05) is 0 Å². The van der Waals surface area contributed by atoms with Gasteiger partial charge in [-0.3, -0.25) is 4.79 Å². The zero-order valence-electron chi connectivity index (χ0n) is 12.9. The number of aryl methyl sites for hydroxylation is 1. The molecule has 0 radical (unpaired) electrons. The Morgan fingerprint density at radius 1 is 1.50 bits per heavy atom. The molecule has 1 amide bonds. The van der Waals surface area contributed by atoms with Crippen LogP contribution in [0.1, 0.15) is 31.7 Å². The Morgan fingerprint density at radius 3 is 3.00 bits per heavy atom. The second-order valence-electron chi connectivity index (χ2n) is 5.47. The average Bonchev–Trinajstić information content (AvgIpc) is 2.51. The summed E-state index contributed by atoms with van der Waals surface area (Å²) in [4.78, 5) is 12.0. The summed E-state index contributed by atoms with van der Waals surface area (Å²) in [6.07, 6.45) is 8.64. The molecule has 1 aromatic carbocycles. The first-order valence-corrected chi connectivity index (χ1v) is 7.85. The van der Waals surface area contributed by atoms with E-state index in [0.29, 0.717) is 16.7 Å². The van der Waals surface area contributed by atoms with Crippen molar-refractivity contribution in [2.45, 2.75) is 39.2 Å². The highest BCUT2D eigenvalue weighted by molar-refractivity contribution is 6.30. The predicted molar refractivity (Wildman–Crippen MR) is 89.4 cm³/mol.